The molecule has 0 atom stereocenters. The first-order valence-electron chi connectivity index (χ1n) is 8.28. The standard InChI is InChI=1S/C22H18N2O/c1-2-8-18(9-3-1)10-6-16-24-21-13-5-4-12-20(21)23-22(24)15-14-19-11-7-17-25-19/h1-15,17H,16H2/b10-6+,15-14+. The molecule has 0 aliphatic carbocycles. The van der Waals surface area contributed by atoms with Crippen molar-refractivity contribution in [3.8, 4) is 0 Å². The molecule has 122 valence electrons. The second-order valence-corrected chi connectivity index (χ2v) is 5.73. The highest BCUT2D eigenvalue weighted by Gasteiger charge is 2.06. The van der Waals surface area contributed by atoms with Crippen LogP contribution in [0.3, 0.4) is 0 Å². The van der Waals surface area contributed by atoms with Gasteiger partial charge in [0.15, 0.2) is 0 Å². The first-order valence-corrected chi connectivity index (χ1v) is 8.28. The molecule has 3 heteroatoms. The van der Waals surface area contributed by atoms with Gasteiger partial charge in [-0.2, -0.15) is 0 Å². The molecule has 2 heterocycles. The largest absolute Gasteiger partial charge is 0.465 e. The molecule has 25 heavy (non-hydrogen) atoms. The monoisotopic (exact) mass is 326 g/mol. The Morgan fingerprint density at radius 1 is 0.840 bits per heavy atom. The zero-order chi connectivity index (χ0) is 16.9. The predicted octanol–water partition coefficient (Wildman–Crippen LogP) is 5.51. The Morgan fingerprint density at radius 3 is 2.52 bits per heavy atom. The lowest BCUT2D eigenvalue weighted by atomic mass is 10.2. The van der Waals surface area contributed by atoms with Crippen LogP contribution in [0.1, 0.15) is 17.1 Å². The second-order valence-electron chi connectivity index (χ2n) is 5.73. The number of furan rings is 1. The maximum absolute atomic E-state index is 5.37. The Bertz CT molecular complexity index is 1010. The van der Waals surface area contributed by atoms with Crippen molar-refractivity contribution in [3.63, 3.8) is 0 Å². The molecular weight excluding hydrogens is 308 g/mol. The molecular formula is C22H18N2O. The van der Waals surface area contributed by atoms with E-state index >= 15 is 0 Å². The van der Waals surface area contributed by atoms with Crippen LogP contribution in [-0.4, -0.2) is 9.55 Å². The second kappa shape index (κ2) is 7.05. The lowest BCUT2D eigenvalue weighted by molar-refractivity contribution is 0.557. The Hall–Kier alpha value is -3.33. The summed E-state index contributed by atoms with van der Waals surface area (Å²) in [6, 6.07) is 22.3. The van der Waals surface area contributed by atoms with Gasteiger partial charge in [-0.3, -0.25) is 0 Å². The lowest BCUT2D eigenvalue weighted by Gasteiger charge is -2.03. The van der Waals surface area contributed by atoms with Gasteiger partial charge in [-0.25, -0.2) is 4.98 Å². The Kier molecular flexibility index (Phi) is 4.29. The zero-order valence-electron chi connectivity index (χ0n) is 13.7. The summed E-state index contributed by atoms with van der Waals surface area (Å²) in [5.41, 5.74) is 3.31. The molecule has 4 rings (SSSR count). The normalized spacial score (nSPS) is 11.8. The highest BCUT2D eigenvalue weighted by atomic mass is 16.3. The van der Waals surface area contributed by atoms with Gasteiger partial charge in [0.25, 0.3) is 0 Å². The van der Waals surface area contributed by atoms with Crippen LogP contribution >= 0.6 is 0 Å². The van der Waals surface area contributed by atoms with Crippen molar-refractivity contribution >= 4 is 29.3 Å². The van der Waals surface area contributed by atoms with Crippen molar-refractivity contribution in [3.05, 3.63) is 96.2 Å². The Morgan fingerprint density at radius 2 is 1.68 bits per heavy atom. The van der Waals surface area contributed by atoms with Gasteiger partial charge in [-0.15, -0.1) is 0 Å². The van der Waals surface area contributed by atoms with Crippen molar-refractivity contribution < 1.29 is 4.42 Å². The van der Waals surface area contributed by atoms with E-state index in [0.29, 0.717) is 0 Å². The molecule has 0 saturated heterocycles. The molecule has 0 aliphatic heterocycles. The number of hydrogen-bond acceptors (Lipinski definition) is 2. The van der Waals surface area contributed by atoms with E-state index in [4.69, 9.17) is 9.40 Å². The average Bonchev–Trinajstić information content (AvgIpc) is 3.29. The van der Waals surface area contributed by atoms with E-state index < -0.39 is 0 Å². The number of imidazole rings is 1. The van der Waals surface area contributed by atoms with Crippen LogP contribution in [0.25, 0.3) is 29.3 Å². The summed E-state index contributed by atoms with van der Waals surface area (Å²) in [6.45, 7) is 0.757. The summed E-state index contributed by atoms with van der Waals surface area (Å²) in [6.07, 6.45) is 9.90. The van der Waals surface area contributed by atoms with Crippen molar-refractivity contribution in [1.29, 1.82) is 0 Å². The predicted molar refractivity (Wildman–Crippen MR) is 103 cm³/mol. The summed E-state index contributed by atoms with van der Waals surface area (Å²) in [7, 11) is 0. The van der Waals surface area contributed by atoms with E-state index in [2.05, 4.69) is 34.9 Å². The van der Waals surface area contributed by atoms with Crippen molar-refractivity contribution in [1.82, 2.24) is 9.55 Å². The first-order chi connectivity index (χ1) is 12.4. The number of para-hydroxylation sites is 2. The third-order valence-electron chi connectivity index (χ3n) is 4.02. The highest BCUT2D eigenvalue weighted by Crippen LogP contribution is 2.18. The summed E-state index contributed by atoms with van der Waals surface area (Å²) in [5, 5.41) is 0. The van der Waals surface area contributed by atoms with Crippen LogP contribution in [0.4, 0.5) is 0 Å². The molecule has 0 unspecified atom stereocenters. The molecule has 0 aliphatic rings. The van der Waals surface area contributed by atoms with Crippen LogP contribution < -0.4 is 0 Å². The maximum Gasteiger partial charge on any atom is 0.134 e. The van der Waals surface area contributed by atoms with Gasteiger partial charge in [0.1, 0.15) is 11.6 Å². The molecule has 0 saturated carbocycles. The SMILES string of the molecule is C(=C\c1ccccc1)/Cn1c(/C=C/c2ccco2)nc2ccccc21. The van der Waals surface area contributed by atoms with Crippen LogP contribution in [-0.2, 0) is 6.54 Å². The van der Waals surface area contributed by atoms with Gasteiger partial charge in [0.05, 0.1) is 17.3 Å². The molecule has 0 bridgehead atoms. The average molecular weight is 326 g/mol. The smallest absolute Gasteiger partial charge is 0.134 e. The van der Waals surface area contributed by atoms with Crippen molar-refractivity contribution in [2.45, 2.75) is 6.54 Å². The molecule has 4 aromatic rings. The van der Waals surface area contributed by atoms with Gasteiger partial charge < -0.3 is 8.98 Å². The molecule has 0 fully saturated rings. The summed E-state index contributed by atoms with van der Waals surface area (Å²) in [4.78, 5) is 4.74. The van der Waals surface area contributed by atoms with E-state index in [-0.39, 0.29) is 0 Å². The van der Waals surface area contributed by atoms with E-state index in [9.17, 15) is 0 Å². The van der Waals surface area contributed by atoms with Crippen LogP contribution in [0.15, 0.2) is 83.5 Å². The van der Waals surface area contributed by atoms with E-state index in [1.165, 1.54) is 5.56 Å². The quantitative estimate of drug-likeness (QED) is 0.484. The minimum atomic E-state index is 0.757. The van der Waals surface area contributed by atoms with Gasteiger partial charge in [0.2, 0.25) is 0 Å². The molecule has 2 aromatic heterocycles. The number of rotatable bonds is 5. The lowest BCUT2D eigenvalue weighted by Crippen LogP contribution is -1.98. The van der Waals surface area contributed by atoms with Crippen molar-refractivity contribution in [2.75, 3.05) is 0 Å². The zero-order valence-corrected chi connectivity index (χ0v) is 13.7. The van der Waals surface area contributed by atoms with Crippen LogP contribution in [0.2, 0.25) is 0 Å². The number of nitrogens with zero attached hydrogens (tertiary/aromatic N) is 2. The fraction of sp³-hybridized carbons (Fsp3) is 0.0455. The highest BCUT2D eigenvalue weighted by molar-refractivity contribution is 5.79. The molecule has 0 radical (unpaired) electrons. The number of aromatic nitrogens is 2. The number of benzene rings is 2. The van der Waals surface area contributed by atoms with E-state index in [0.717, 1.165) is 29.2 Å². The molecule has 0 spiro atoms. The van der Waals surface area contributed by atoms with Crippen LogP contribution in [0, 0.1) is 0 Å². The molecule has 3 nitrogen and oxygen atoms in total. The van der Waals surface area contributed by atoms with E-state index in [1.807, 2.05) is 60.7 Å². The molecule has 0 amide bonds. The minimum Gasteiger partial charge on any atom is -0.465 e. The minimum absolute atomic E-state index is 0.757. The van der Waals surface area contributed by atoms with E-state index in [1.54, 1.807) is 6.26 Å². The number of allylic oxidation sites excluding steroid dienone is 1. The van der Waals surface area contributed by atoms with Gasteiger partial charge in [-0.1, -0.05) is 54.6 Å². The topological polar surface area (TPSA) is 31.0 Å². The Labute approximate surface area is 146 Å². The number of hydrogen-bond donors (Lipinski definition) is 0. The Balaban J connectivity index is 1.66. The van der Waals surface area contributed by atoms with Gasteiger partial charge >= 0.3 is 0 Å². The van der Waals surface area contributed by atoms with Gasteiger partial charge in [0, 0.05) is 6.54 Å². The summed E-state index contributed by atoms with van der Waals surface area (Å²) >= 11 is 0. The fourth-order valence-corrected chi connectivity index (χ4v) is 2.81. The van der Waals surface area contributed by atoms with Gasteiger partial charge in [-0.05, 0) is 42.0 Å². The number of fused-ring (bicyclic) bond motifs is 1. The van der Waals surface area contributed by atoms with Crippen LogP contribution in [0.5, 0.6) is 0 Å². The summed E-state index contributed by atoms with van der Waals surface area (Å²) < 4.78 is 7.57. The third-order valence-corrected chi connectivity index (χ3v) is 4.02. The molecule has 2 aromatic carbocycles. The fourth-order valence-electron chi connectivity index (χ4n) is 2.81. The van der Waals surface area contributed by atoms with Crippen molar-refractivity contribution in [2.24, 2.45) is 0 Å². The molecule has 0 N–H and O–H groups in total. The third kappa shape index (κ3) is 3.45. The summed E-state index contributed by atoms with van der Waals surface area (Å²) in [5.74, 6) is 1.73. The first kappa shape index (κ1) is 15.2. The maximum atomic E-state index is 5.37.